The van der Waals surface area contributed by atoms with Crippen molar-refractivity contribution in [2.75, 3.05) is 7.11 Å². The highest BCUT2D eigenvalue weighted by Gasteiger charge is 2.10. The predicted octanol–water partition coefficient (Wildman–Crippen LogP) is 4.12. The molecule has 5 nitrogen and oxygen atoms in total. The summed E-state index contributed by atoms with van der Waals surface area (Å²) in [5.74, 6) is 0.851. The Bertz CT molecular complexity index is 826. The maximum atomic E-state index is 11.4. The summed E-state index contributed by atoms with van der Waals surface area (Å²) in [5.41, 5.74) is 3.68. The van der Waals surface area contributed by atoms with Gasteiger partial charge in [0, 0.05) is 11.3 Å². The average molecular weight is 340 g/mol. The van der Waals surface area contributed by atoms with Gasteiger partial charge in [0.05, 0.1) is 12.7 Å². The van der Waals surface area contributed by atoms with Crippen LogP contribution in [0.4, 0.5) is 0 Å². The number of nitrogens with zero attached hydrogens (tertiary/aromatic N) is 2. The van der Waals surface area contributed by atoms with Crippen LogP contribution >= 0.6 is 11.8 Å². The molecule has 0 aliphatic carbocycles. The first kappa shape index (κ1) is 16.3. The fraction of sp³-hybridized carbons (Fsp3) is 0.167. The number of carbonyl (C=O) groups excluding carboxylic acids is 1. The van der Waals surface area contributed by atoms with Gasteiger partial charge in [-0.15, -0.1) is 10.2 Å². The van der Waals surface area contributed by atoms with Gasteiger partial charge in [0.1, 0.15) is 0 Å². The first-order chi connectivity index (χ1) is 11.7. The molecule has 0 amide bonds. The Hall–Kier alpha value is -2.60. The monoisotopic (exact) mass is 340 g/mol. The maximum Gasteiger partial charge on any atom is 0.337 e. The highest BCUT2D eigenvalue weighted by atomic mass is 32.2. The first-order valence-corrected chi connectivity index (χ1v) is 8.35. The zero-order chi connectivity index (χ0) is 16.9. The van der Waals surface area contributed by atoms with Crippen molar-refractivity contribution >= 4 is 17.7 Å². The van der Waals surface area contributed by atoms with Crippen LogP contribution in [-0.4, -0.2) is 23.3 Å². The molecule has 1 heterocycles. The Morgan fingerprint density at radius 1 is 1.08 bits per heavy atom. The molecule has 24 heavy (non-hydrogen) atoms. The Labute approximate surface area is 144 Å². The summed E-state index contributed by atoms with van der Waals surface area (Å²) in [6.45, 7) is 2.03. The second-order valence-corrected chi connectivity index (χ2v) is 6.14. The Morgan fingerprint density at radius 3 is 2.46 bits per heavy atom. The highest BCUT2D eigenvalue weighted by molar-refractivity contribution is 7.98. The van der Waals surface area contributed by atoms with Crippen LogP contribution < -0.4 is 0 Å². The van der Waals surface area contributed by atoms with E-state index < -0.39 is 0 Å². The van der Waals surface area contributed by atoms with Crippen LogP contribution in [-0.2, 0) is 10.5 Å². The lowest BCUT2D eigenvalue weighted by Gasteiger charge is -2.01. The van der Waals surface area contributed by atoms with Gasteiger partial charge in [0.15, 0.2) is 0 Å². The van der Waals surface area contributed by atoms with Crippen molar-refractivity contribution in [1.29, 1.82) is 0 Å². The van der Waals surface area contributed by atoms with Crippen molar-refractivity contribution in [2.45, 2.75) is 17.9 Å². The van der Waals surface area contributed by atoms with E-state index in [-0.39, 0.29) is 5.97 Å². The molecule has 0 aliphatic rings. The minimum absolute atomic E-state index is 0.339. The fourth-order valence-corrected chi connectivity index (χ4v) is 2.80. The zero-order valence-electron chi connectivity index (χ0n) is 13.4. The van der Waals surface area contributed by atoms with Crippen molar-refractivity contribution in [3.05, 3.63) is 65.2 Å². The molecule has 122 valence electrons. The van der Waals surface area contributed by atoms with Crippen LogP contribution in [0.5, 0.6) is 0 Å². The quantitative estimate of drug-likeness (QED) is 0.514. The number of carbonyl (C=O) groups is 1. The first-order valence-electron chi connectivity index (χ1n) is 7.36. The summed E-state index contributed by atoms with van der Waals surface area (Å²) < 4.78 is 10.4. The van der Waals surface area contributed by atoms with Crippen LogP contribution in [0.2, 0.25) is 0 Å². The molecule has 3 rings (SSSR count). The lowest BCUT2D eigenvalue weighted by Crippen LogP contribution is -2.00. The molecule has 0 bridgehead atoms. The SMILES string of the molecule is COC(=O)c1ccc(CSc2nnc(-c3ccc(C)cc3)o2)cc1. The summed E-state index contributed by atoms with van der Waals surface area (Å²) in [6.07, 6.45) is 0. The van der Waals surface area contributed by atoms with Crippen LogP contribution in [0.25, 0.3) is 11.5 Å². The number of methoxy groups -OCH3 is 1. The molecule has 0 saturated carbocycles. The number of esters is 1. The Kier molecular flexibility index (Phi) is 4.96. The van der Waals surface area contributed by atoms with E-state index in [0.29, 0.717) is 22.4 Å². The van der Waals surface area contributed by atoms with Crippen LogP contribution in [0, 0.1) is 6.92 Å². The number of rotatable bonds is 5. The van der Waals surface area contributed by atoms with Gasteiger partial charge in [-0.05, 0) is 36.8 Å². The van der Waals surface area contributed by atoms with Crippen molar-refractivity contribution in [3.8, 4) is 11.5 Å². The highest BCUT2D eigenvalue weighted by Crippen LogP contribution is 2.26. The Morgan fingerprint density at radius 2 is 1.79 bits per heavy atom. The van der Waals surface area contributed by atoms with Gasteiger partial charge < -0.3 is 9.15 Å². The molecule has 0 fully saturated rings. The molecule has 0 atom stereocenters. The predicted molar refractivity (Wildman–Crippen MR) is 91.8 cm³/mol. The van der Waals surface area contributed by atoms with Gasteiger partial charge in [0.2, 0.25) is 5.89 Å². The summed E-state index contributed by atoms with van der Waals surface area (Å²) in [4.78, 5) is 11.4. The molecule has 2 aromatic carbocycles. The fourth-order valence-electron chi connectivity index (χ4n) is 2.08. The smallest absolute Gasteiger partial charge is 0.337 e. The molecular weight excluding hydrogens is 324 g/mol. The van der Waals surface area contributed by atoms with Crippen LogP contribution in [0.3, 0.4) is 0 Å². The van der Waals surface area contributed by atoms with E-state index in [1.807, 2.05) is 43.3 Å². The number of thioether (sulfide) groups is 1. The van der Waals surface area contributed by atoms with E-state index in [4.69, 9.17) is 4.42 Å². The van der Waals surface area contributed by atoms with E-state index in [2.05, 4.69) is 14.9 Å². The third-order valence-corrected chi connectivity index (χ3v) is 4.33. The molecule has 0 saturated heterocycles. The maximum absolute atomic E-state index is 11.4. The summed E-state index contributed by atoms with van der Waals surface area (Å²) in [5, 5.41) is 8.66. The average Bonchev–Trinajstić information content (AvgIpc) is 3.09. The molecule has 0 spiro atoms. The van der Waals surface area contributed by atoms with E-state index in [1.165, 1.54) is 24.4 Å². The molecule has 0 aliphatic heterocycles. The van der Waals surface area contributed by atoms with Gasteiger partial charge in [-0.25, -0.2) is 4.79 Å². The summed E-state index contributed by atoms with van der Waals surface area (Å²) >= 11 is 1.46. The number of benzene rings is 2. The number of aromatic nitrogens is 2. The molecule has 0 unspecified atom stereocenters. The largest absolute Gasteiger partial charge is 0.465 e. The van der Waals surface area contributed by atoms with E-state index in [1.54, 1.807) is 12.1 Å². The lowest BCUT2D eigenvalue weighted by molar-refractivity contribution is 0.0600. The van der Waals surface area contributed by atoms with Gasteiger partial charge in [-0.3, -0.25) is 0 Å². The number of aryl methyl sites for hydroxylation is 1. The Balaban J connectivity index is 1.63. The summed E-state index contributed by atoms with van der Waals surface area (Å²) in [6, 6.07) is 15.2. The zero-order valence-corrected chi connectivity index (χ0v) is 14.2. The summed E-state index contributed by atoms with van der Waals surface area (Å²) in [7, 11) is 1.37. The second-order valence-electron chi connectivity index (χ2n) is 5.22. The van der Waals surface area contributed by atoms with Gasteiger partial charge >= 0.3 is 5.97 Å². The van der Waals surface area contributed by atoms with Crippen LogP contribution in [0.15, 0.2) is 58.2 Å². The normalized spacial score (nSPS) is 10.6. The molecular formula is C18H16N2O3S. The molecule has 6 heteroatoms. The van der Waals surface area contributed by atoms with Crippen molar-refractivity contribution in [2.24, 2.45) is 0 Å². The van der Waals surface area contributed by atoms with E-state index >= 15 is 0 Å². The molecule has 1 aromatic heterocycles. The minimum Gasteiger partial charge on any atom is -0.465 e. The third kappa shape index (κ3) is 3.83. The topological polar surface area (TPSA) is 65.2 Å². The van der Waals surface area contributed by atoms with Crippen molar-refractivity contribution in [3.63, 3.8) is 0 Å². The second kappa shape index (κ2) is 7.31. The van der Waals surface area contributed by atoms with Crippen molar-refractivity contribution < 1.29 is 13.9 Å². The number of hydrogen-bond donors (Lipinski definition) is 0. The lowest BCUT2D eigenvalue weighted by atomic mass is 10.1. The standard InChI is InChI=1S/C18H16N2O3S/c1-12-3-7-14(8-4-12)16-19-20-18(23-16)24-11-13-5-9-15(10-6-13)17(21)22-2/h3-10H,11H2,1-2H3. The van der Waals surface area contributed by atoms with Crippen LogP contribution in [0.1, 0.15) is 21.5 Å². The molecule has 0 N–H and O–H groups in total. The third-order valence-electron chi connectivity index (χ3n) is 3.44. The van der Waals surface area contributed by atoms with E-state index in [0.717, 1.165) is 11.1 Å². The molecule has 3 aromatic rings. The van der Waals surface area contributed by atoms with E-state index in [9.17, 15) is 4.79 Å². The minimum atomic E-state index is -0.339. The molecule has 0 radical (unpaired) electrons. The van der Waals surface area contributed by atoms with Crippen molar-refractivity contribution in [1.82, 2.24) is 10.2 Å². The number of ether oxygens (including phenoxy) is 1. The van der Waals surface area contributed by atoms with Gasteiger partial charge in [-0.2, -0.15) is 0 Å². The van der Waals surface area contributed by atoms with Gasteiger partial charge in [-0.1, -0.05) is 41.6 Å². The van der Waals surface area contributed by atoms with Gasteiger partial charge in [0.25, 0.3) is 5.22 Å². The number of hydrogen-bond acceptors (Lipinski definition) is 6.